The first kappa shape index (κ1) is 20.9. The van der Waals surface area contributed by atoms with E-state index in [4.69, 9.17) is 4.74 Å². The molecule has 0 radical (unpaired) electrons. The standard InChI is InChI=1S/C20H27N3O3S/c1-14-5-7-15(8-6-14)18-23-16(13-27-18)9-11-21-17(24)10-12-22-19(25)26-20(2,3)4/h5-8,13H,9-12H2,1-4H3,(H,21,24)(H,22,25). The molecule has 0 spiro atoms. The maximum absolute atomic E-state index is 11.8. The van der Waals surface area contributed by atoms with Crippen molar-refractivity contribution >= 4 is 23.3 Å². The van der Waals surface area contributed by atoms with Gasteiger partial charge in [-0.25, -0.2) is 9.78 Å². The maximum atomic E-state index is 11.8. The van der Waals surface area contributed by atoms with Gasteiger partial charge in [0, 0.05) is 36.9 Å². The fourth-order valence-electron chi connectivity index (χ4n) is 2.26. The Hall–Kier alpha value is -2.41. The van der Waals surface area contributed by atoms with Crippen molar-refractivity contribution in [2.24, 2.45) is 0 Å². The van der Waals surface area contributed by atoms with Crippen LogP contribution in [0.3, 0.4) is 0 Å². The van der Waals surface area contributed by atoms with Crippen LogP contribution in [-0.2, 0) is 16.0 Å². The number of nitrogens with zero attached hydrogens (tertiary/aromatic N) is 1. The van der Waals surface area contributed by atoms with Crippen LogP contribution in [-0.4, -0.2) is 35.7 Å². The molecule has 27 heavy (non-hydrogen) atoms. The van der Waals surface area contributed by atoms with Gasteiger partial charge in [-0.3, -0.25) is 4.79 Å². The first-order valence-electron chi connectivity index (χ1n) is 8.98. The topological polar surface area (TPSA) is 80.3 Å². The van der Waals surface area contributed by atoms with E-state index in [1.807, 2.05) is 5.38 Å². The number of benzene rings is 1. The van der Waals surface area contributed by atoms with E-state index >= 15 is 0 Å². The van der Waals surface area contributed by atoms with Crippen molar-refractivity contribution in [3.63, 3.8) is 0 Å². The molecule has 1 aromatic carbocycles. The first-order chi connectivity index (χ1) is 12.7. The fourth-order valence-corrected chi connectivity index (χ4v) is 3.12. The lowest BCUT2D eigenvalue weighted by Crippen LogP contribution is -2.35. The number of carbonyl (C=O) groups is 2. The molecule has 2 rings (SSSR count). The molecule has 1 aromatic heterocycles. The van der Waals surface area contributed by atoms with Gasteiger partial charge in [-0.1, -0.05) is 29.8 Å². The van der Waals surface area contributed by atoms with Crippen LogP contribution < -0.4 is 10.6 Å². The summed E-state index contributed by atoms with van der Waals surface area (Å²) in [5.74, 6) is -0.111. The minimum absolute atomic E-state index is 0.111. The predicted octanol–water partition coefficient (Wildman–Crippen LogP) is 3.69. The summed E-state index contributed by atoms with van der Waals surface area (Å²) in [5, 5.41) is 8.42. The number of aryl methyl sites for hydroxylation is 1. The van der Waals surface area contributed by atoms with Crippen LogP contribution in [0.5, 0.6) is 0 Å². The molecule has 0 saturated heterocycles. The molecule has 0 fully saturated rings. The number of hydrogen-bond acceptors (Lipinski definition) is 5. The highest BCUT2D eigenvalue weighted by molar-refractivity contribution is 7.13. The summed E-state index contributed by atoms with van der Waals surface area (Å²) >= 11 is 1.60. The lowest BCUT2D eigenvalue weighted by Gasteiger charge is -2.19. The van der Waals surface area contributed by atoms with Crippen LogP contribution in [0.15, 0.2) is 29.6 Å². The van der Waals surface area contributed by atoms with Gasteiger partial charge in [0.2, 0.25) is 5.91 Å². The van der Waals surface area contributed by atoms with Crippen molar-refractivity contribution in [2.75, 3.05) is 13.1 Å². The summed E-state index contributed by atoms with van der Waals surface area (Å²) in [6.45, 7) is 8.20. The smallest absolute Gasteiger partial charge is 0.407 e. The summed E-state index contributed by atoms with van der Waals surface area (Å²) in [5.41, 5.74) is 2.74. The quantitative estimate of drug-likeness (QED) is 0.757. The number of alkyl carbamates (subject to hydrolysis) is 1. The first-order valence-corrected chi connectivity index (χ1v) is 9.86. The summed E-state index contributed by atoms with van der Waals surface area (Å²) in [6, 6.07) is 8.28. The number of rotatable bonds is 7. The Morgan fingerprint density at radius 2 is 1.81 bits per heavy atom. The molecule has 2 N–H and O–H groups in total. The van der Waals surface area contributed by atoms with Gasteiger partial charge in [0.25, 0.3) is 0 Å². The van der Waals surface area contributed by atoms with Crippen molar-refractivity contribution in [3.8, 4) is 10.6 Å². The van der Waals surface area contributed by atoms with Crippen molar-refractivity contribution < 1.29 is 14.3 Å². The Kier molecular flexibility index (Phi) is 7.36. The van der Waals surface area contributed by atoms with E-state index in [1.165, 1.54) is 5.56 Å². The van der Waals surface area contributed by atoms with Gasteiger partial charge < -0.3 is 15.4 Å². The number of amides is 2. The number of nitrogens with one attached hydrogen (secondary N) is 2. The predicted molar refractivity (Wildman–Crippen MR) is 108 cm³/mol. The Bertz CT molecular complexity index is 764. The van der Waals surface area contributed by atoms with E-state index in [1.54, 1.807) is 32.1 Å². The lowest BCUT2D eigenvalue weighted by molar-refractivity contribution is -0.120. The van der Waals surface area contributed by atoms with Crippen LogP contribution >= 0.6 is 11.3 Å². The second kappa shape index (κ2) is 9.50. The van der Waals surface area contributed by atoms with Gasteiger partial charge in [0.05, 0.1) is 5.69 Å². The molecule has 0 aliphatic heterocycles. The molecule has 1 heterocycles. The second-order valence-electron chi connectivity index (χ2n) is 7.29. The molecule has 0 aliphatic rings. The highest BCUT2D eigenvalue weighted by atomic mass is 32.1. The van der Waals surface area contributed by atoms with Crippen LogP contribution in [0.25, 0.3) is 10.6 Å². The molecule has 0 saturated carbocycles. The lowest BCUT2D eigenvalue weighted by atomic mass is 10.2. The summed E-state index contributed by atoms with van der Waals surface area (Å²) < 4.78 is 5.11. The van der Waals surface area contributed by atoms with Crippen LogP contribution in [0.4, 0.5) is 4.79 Å². The molecule has 0 bridgehead atoms. The monoisotopic (exact) mass is 389 g/mol. The van der Waals surface area contributed by atoms with E-state index in [0.717, 1.165) is 16.3 Å². The third-order valence-corrected chi connectivity index (χ3v) is 4.51. The molecule has 0 aliphatic carbocycles. The summed E-state index contributed by atoms with van der Waals surface area (Å²) in [4.78, 5) is 28.0. The van der Waals surface area contributed by atoms with Crippen LogP contribution in [0.2, 0.25) is 0 Å². The number of thiazole rings is 1. The van der Waals surface area contributed by atoms with E-state index in [2.05, 4.69) is 46.8 Å². The molecule has 0 atom stereocenters. The summed E-state index contributed by atoms with van der Waals surface area (Å²) in [6.07, 6.45) is 0.375. The highest BCUT2D eigenvalue weighted by Gasteiger charge is 2.15. The molecule has 146 valence electrons. The SMILES string of the molecule is Cc1ccc(-c2nc(CCNC(=O)CCNC(=O)OC(C)(C)C)cs2)cc1. The van der Waals surface area contributed by atoms with E-state index in [0.29, 0.717) is 13.0 Å². The van der Waals surface area contributed by atoms with Gasteiger partial charge in [-0.2, -0.15) is 0 Å². The van der Waals surface area contributed by atoms with Gasteiger partial charge in [-0.15, -0.1) is 11.3 Å². The highest BCUT2D eigenvalue weighted by Crippen LogP contribution is 2.24. The second-order valence-corrected chi connectivity index (χ2v) is 8.15. The van der Waals surface area contributed by atoms with Gasteiger partial charge >= 0.3 is 6.09 Å². The number of ether oxygens (including phenoxy) is 1. The van der Waals surface area contributed by atoms with Crippen molar-refractivity contribution in [1.82, 2.24) is 15.6 Å². The van der Waals surface area contributed by atoms with Crippen LogP contribution in [0, 0.1) is 6.92 Å². The molecule has 2 aromatic rings. The average Bonchev–Trinajstić information content (AvgIpc) is 3.02. The third kappa shape index (κ3) is 7.78. The zero-order valence-corrected chi connectivity index (χ0v) is 17.1. The largest absolute Gasteiger partial charge is 0.444 e. The van der Waals surface area contributed by atoms with Gasteiger partial charge in [0.1, 0.15) is 10.6 Å². The Morgan fingerprint density at radius 1 is 1.11 bits per heavy atom. The van der Waals surface area contributed by atoms with Gasteiger partial charge in [0.15, 0.2) is 0 Å². The van der Waals surface area contributed by atoms with Crippen molar-refractivity contribution in [2.45, 2.75) is 46.1 Å². The van der Waals surface area contributed by atoms with E-state index in [9.17, 15) is 9.59 Å². The minimum Gasteiger partial charge on any atom is -0.444 e. The molecule has 6 nitrogen and oxygen atoms in total. The van der Waals surface area contributed by atoms with E-state index < -0.39 is 11.7 Å². The summed E-state index contributed by atoms with van der Waals surface area (Å²) in [7, 11) is 0. The average molecular weight is 390 g/mol. The molecule has 7 heteroatoms. The fraction of sp³-hybridized carbons (Fsp3) is 0.450. The molecule has 0 unspecified atom stereocenters. The molecule has 2 amide bonds. The zero-order chi connectivity index (χ0) is 19.9. The maximum Gasteiger partial charge on any atom is 0.407 e. The van der Waals surface area contributed by atoms with Crippen molar-refractivity contribution in [1.29, 1.82) is 0 Å². The van der Waals surface area contributed by atoms with Gasteiger partial charge in [-0.05, 0) is 27.7 Å². The minimum atomic E-state index is -0.544. The number of aromatic nitrogens is 1. The normalized spacial score (nSPS) is 11.1. The van der Waals surface area contributed by atoms with E-state index in [-0.39, 0.29) is 18.9 Å². The van der Waals surface area contributed by atoms with Crippen molar-refractivity contribution in [3.05, 3.63) is 40.9 Å². The Balaban J connectivity index is 1.67. The Labute approximate surface area is 164 Å². The molecular formula is C20H27N3O3S. The van der Waals surface area contributed by atoms with Crippen LogP contribution in [0.1, 0.15) is 38.4 Å². The number of carbonyl (C=O) groups excluding carboxylic acids is 2. The zero-order valence-electron chi connectivity index (χ0n) is 16.3. The Morgan fingerprint density at radius 3 is 2.48 bits per heavy atom. The number of hydrogen-bond donors (Lipinski definition) is 2. The molecular weight excluding hydrogens is 362 g/mol. The third-order valence-electron chi connectivity index (χ3n) is 3.57.